The number of Topliss-reactive ketones (excluding diaryl/α,β-unsaturated/α-hetero) is 1. The molecule has 1 aromatic rings. The maximum absolute atomic E-state index is 12.5. The third kappa shape index (κ3) is 4.95. The molecule has 26 heavy (non-hydrogen) atoms. The van der Waals surface area contributed by atoms with Crippen LogP contribution in [0, 0.1) is 0 Å². The molecule has 2 atom stereocenters. The molecule has 1 amide bonds. The highest BCUT2D eigenvalue weighted by atomic mass is 28.4. The fourth-order valence-electron chi connectivity index (χ4n) is 2.72. The fourth-order valence-corrected chi connectivity index (χ4v) is 4.11. The largest absolute Gasteiger partial charge is 0.445 e. The fraction of sp³-hybridized carbons (Fsp3) is 0.600. The average molecular weight is 378 g/mol. The number of hydrogen-bond acceptors (Lipinski definition) is 4. The van der Waals surface area contributed by atoms with Crippen LogP contribution in [0.2, 0.25) is 18.1 Å². The molecule has 0 bridgehead atoms. The van der Waals surface area contributed by atoms with Crippen LogP contribution in [-0.4, -0.2) is 43.8 Å². The van der Waals surface area contributed by atoms with Crippen molar-refractivity contribution < 1.29 is 18.8 Å². The van der Waals surface area contributed by atoms with E-state index in [0.29, 0.717) is 6.42 Å². The summed E-state index contributed by atoms with van der Waals surface area (Å²) in [6.07, 6.45) is -0.379. The highest BCUT2D eigenvalue weighted by Crippen LogP contribution is 2.38. The highest BCUT2D eigenvalue weighted by molar-refractivity contribution is 6.74. The molecule has 0 aliphatic carbocycles. The van der Waals surface area contributed by atoms with Crippen LogP contribution in [0.25, 0.3) is 0 Å². The third-order valence-corrected chi connectivity index (χ3v) is 10.0. The van der Waals surface area contributed by atoms with Crippen molar-refractivity contribution in [3.8, 4) is 0 Å². The predicted molar refractivity (Wildman–Crippen MR) is 104 cm³/mol. The van der Waals surface area contributed by atoms with Crippen molar-refractivity contribution in [3.05, 3.63) is 35.9 Å². The number of amides is 1. The molecule has 0 saturated carbocycles. The molecule has 1 aliphatic rings. The summed E-state index contributed by atoms with van der Waals surface area (Å²) in [5.41, 5.74) is 0.922. The summed E-state index contributed by atoms with van der Waals surface area (Å²) in [5, 5.41) is 0.0475. The van der Waals surface area contributed by atoms with Gasteiger partial charge in [-0.2, -0.15) is 0 Å². The van der Waals surface area contributed by atoms with Crippen molar-refractivity contribution in [2.24, 2.45) is 0 Å². The van der Waals surface area contributed by atoms with Gasteiger partial charge in [0.05, 0.1) is 18.7 Å². The molecule has 1 aliphatic heterocycles. The Morgan fingerprint density at radius 2 is 1.85 bits per heavy atom. The zero-order valence-corrected chi connectivity index (χ0v) is 17.7. The molecule has 6 heteroatoms. The van der Waals surface area contributed by atoms with Crippen molar-refractivity contribution in [3.63, 3.8) is 0 Å². The van der Waals surface area contributed by atoms with Crippen molar-refractivity contribution >= 4 is 20.2 Å². The summed E-state index contributed by atoms with van der Waals surface area (Å²) < 4.78 is 11.9. The summed E-state index contributed by atoms with van der Waals surface area (Å²) in [5.74, 6) is 0.0171. The van der Waals surface area contributed by atoms with Gasteiger partial charge in [0.25, 0.3) is 0 Å². The second kappa shape index (κ2) is 7.92. The van der Waals surface area contributed by atoms with Crippen LogP contribution in [0.4, 0.5) is 4.79 Å². The van der Waals surface area contributed by atoms with Crippen LogP contribution >= 0.6 is 0 Å². The van der Waals surface area contributed by atoms with E-state index in [9.17, 15) is 9.59 Å². The quantitative estimate of drug-likeness (QED) is 0.731. The lowest BCUT2D eigenvalue weighted by Gasteiger charge is -2.44. The van der Waals surface area contributed by atoms with Gasteiger partial charge in [-0.25, -0.2) is 4.79 Å². The van der Waals surface area contributed by atoms with Gasteiger partial charge in [-0.05, 0) is 30.6 Å². The van der Waals surface area contributed by atoms with Crippen LogP contribution < -0.4 is 0 Å². The summed E-state index contributed by atoms with van der Waals surface area (Å²) in [6.45, 7) is 13.1. The van der Waals surface area contributed by atoms with Crippen LogP contribution in [0.1, 0.15) is 39.7 Å². The first-order valence-corrected chi connectivity index (χ1v) is 12.1. The van der Waals surface area contributed by atoms with E-state index in [4.69, 9.17) is 9.16 Å². The molecule has 1 fully saturated rings. The first kappa shape index (κ1) is 20.6. The number of ketones is 1. The Hall–Kier alpha value is -1.66. The van der Waals surface area contributed by atoms with Crippen molar-refractivity contribution in [2.45, 2.75) is 71.0 Å². The van der Waals surface area contributed by atoms with E-state index < -0.39 is 14.4 Å². The Morgan fingerprint density at radius 3 is 2.42 bits per heavy atom. The Morgan fingerprint density at radius 1 is 1.23 bits per heavy atom. The predicted octanol–water partition coefficient (Wildman–Crippen LogP) is 4.38. The molecule has 0 aromatic heterocycles. The zero-order chi connectivity index (χ0) is 19.5. The molecule has 1 unspecified atom stereocenters. The maximum atomic E-state index is 12.5. The van der Waals surface area contributed by atoms with Gasteiger partial charge in [0, 0.05) is 6.42 Å². The summed E-state index contributed by atoms with van der Waals surface area (Å²) in [7, 11) is -2.03. The van der Waals surface area contributed by atoms with Gasteiger partial charge in [-0.3, -0.25) is 9.69 Å². The summed E-state index contributed by atoms with van der Waals surface area (Å²) >= 11 is 0. The normalized spacial score (nSPS) is 21.6. The first-order valence-electron chi connectivity index (χ1n) is 9.18. The number of nitrogens with zero attached hydrogens (tertiary/aromatic N) is 1. The number of rotatable bonds is 4. The van der Waals surface area contributed by atoms with Crippen LogP contribution in [0.3, 0.4) is 0 Å². The minimum absolute atomic E-state index is 0.0171. The van der Waals surface area contributed by atoms with Crippen molar-refractivity contribution in [1.82, 2.24) is 4.90 Å². The summed E-state index contributed by atoms with van der Waals surface area (Å²) in [4.78, 5) is 26.3. The molecule has 1 saturated heterocycles. The van der Waals surface area contributed by atoms with Gasteiger partial charge in [0.2, 0.25) is 0 Å². The zero-order valence-electron chi connectivity index (χ0n) is 16.7. The van der Waals surface area contributed by atoms with Crippen LogP contribution in [0.5, 0.6) is 0 Å². The minimum Gasteiger partial charge on any atom is -0.445 e. The van der Waals surface area contributed by atoms with Crippen molar-refractivity contribution in [1.29, 1.82) is 0 Å². The Labute approximate surface area is 157 Å². The van der Waals surface area contributed by atoms with Gasteiger partial charge in [-0.1, -0.05) is 51.1 Å². The minimum atomic E-state index is -2.03. The molecule has 0 N–H and O–H groups in total. The Kier molecular flexibility index (Phi) is 6.29. The second-order valence-corrected chi connectivity index (χ2v) is 13.3. The van der Waals surface area contributed by atoms with Crippen LogP contribution in [-0.2, 0) is 20.6 Å². The lowest BCUT2D eigenvalue weighted by molar-refractivity contribution is -0.127. The van der Waals surface area contributed by atoms with Gasteiger partial charge in [-0.15, -0.1) is 0 Å². The molecule has 1 heterocycles. The Bertz CT molecular complexity index is 639. The Balaban J connectivity index is 2.04. The van der Waals surface area contributed by atoms with Gasteiger partial charge in [0.15, 0.2) is 14.1 Å². The molecule has 2 rings (SSSR count). The molecule has 144 valence electrons. The summed E-state index contributed by atoms with van der Waals surface area (Å²) in [6, 6.07) is 9.34. The van der Waals surface area contributed by atoms with Crippen molar-refractivity contribution in [2.75, 3.05) is 6.54 Å². The average Bonchev–Trinajstić information content (AvgIpc) is 2.55. The molecule has 0 radical (unpaired) electrons. The van der Waals surface area contributed by atoms with E-state index in [2.05, 4.69) is 33.9 Å². The number of ether oxygens (including phenoxy) is 1. The van der Waals surface area contributed by atoms with E-state index in [1.54, 1.807) is 0 Å². The molecular weight excluding hydrogens is 346 g/mol. The van der Waals surface area contributed by atoms with Crippen LogP contribution in [0.15, 0.2) is 30.3 Å². The first-order chi connectivity index (χ1) is 12.0. The number of likely N-dealkylation sites (tertiary alicyclic amines) is 1. The standard InChI is InChI=1S/C20H31NO4Si/c1-15-18(25-26(5,6)20(2,3)4)12-17(22)13-21(15)19(23)24-14-16-10-8-7-9-11-16/h7-11,15,18H,12-14H2,1-6H3/t15-,18?/m0/s1. The maximum Gasteiger partial charge on any atom is 0.410 e. The third-order valence-electron chi connectivity index (χ3n) is 5.50. The topological polar surface area (TPSA) is 55.8 Å². The van der Waals surface area contributed by atoms with E-state index >= 15 is 0 Å². The lowest BCUT2D eigenvalue weighted by atomic mass is 10.00. The van der Waals surface area contributed by atoms with Gasteiger partial charge in [0.1, 0.15) is 6.61 Å². The molecule has 5 nitrogen and oxygen atoms in total. The molecular formula is C20H31NO4Si. The number of piperidine rings is 1. The lowest BCUT2D eigenvalue weighted by Crippen LogP contribution is -2.57. The smallest absolute Gasteiger partial charge is 0.410 e. The highest BCUT2D eigenvalue weighted by Gasteiger charge is 2.44. The monoisotopic (exact) mass is 377 g/mol. The molecule has 0 spiro atoms. The number of carbonyl (C=O) groups is 2. The second-order valence-electron chi connectivity index (χ2n) is 8.57. The van der Waals surface area contributed by atoms with Gasteiger partial charge >= 0.3 is 6.09 Å². The van der Waals surface area contributed by atoms with E-state index in [1.807, 2.05) is 37.3 Å². The van der Waals surface area contributed by atoms with E-state index in [0.717, 1.165) is 5.56 Å². The molecule has 1 aromatic carbocycles. The number of hydrogen-bond donors (Lipinski definition) is 0. The number of benzene rings is 1. The van der Waals surface area contributed by atoms with E-state index in [-0.39, 0.29) is 36.1 Å². The van der Waals surface area contributed by atoms with E-state index in [1.165, 1.54) is 4.90 Å². The van der Waals surface area contributed by atoms with Gasteiger partial charge < -0.3 is 9.16 Å². The SMILES string of the molecule is C[C@H]1C(O[Si](C)(C)C(C)(C)C)CC(=O)CN1C(=O)OCc1ccccc1. The number of carbonyl (C=O) groups excluding carboxylic acids is 2.